The number of rotatable bonds is 4. The third-order valence-corrected chi connectivity index (χ3v) is 1.63. The Morgan fingerprint density at radius 2 is 2.45 bits per heavy atom. The summed E-state index contributed by atoms with van der Waals surface area (Å²) in [4.78, 5) is 0. The van der Waals surface area contributed by atoms with Gasteiger partial charge in [-0.25, -0.2) is 0 Å². The third-order valence-electron chi connectivity index (χ3n) is 1.63. The van der Waals surface area contributed by atoms with Crippen LogP contribution in [0.3, 0.4) is 0 Å². The van der Waals surface area contributed by atoms with Crippen LogP contribution in [0.2, 0.25) is 0 Å². The van der Waals surface area contributed by atoms with Crippen molar-refractivity contribution in [2.45, 2.75) is 20.3 Å². The van der Waals surface area contributed by atoms with E-state index in [1.807, 2.05) is 0 Å². The molecular weight excluding hydrogens is 138 g/mol. The van der Waals surface area contributed by atoms with E-state index in [2.05, 4.69) is 25.2 Å². The van der Waals surface area contributed by atoms with Gasteiger partial charge >= 0.3 is 0 Å². The second-order valence-corrected chi connectivity index (χ2v) is 3.33. The highest BCUT2D eigenvalue weighted by Crippen LogP contribution is 2.06. The lowest BCUT2D eigenvalue weighted by Crippen LogP contribution is -2.22. The molecule has 1 rings (SSSR count). The van der Waals surface area contributed by atoms with Crippen molar-refractivity contribution in [1.82, 2.24) is 5.32 Å². The topological polar surface area (TPSA) is 21.3 Å². The van der Waals surface area contributed by atoms with Gasteiger partial charge in [0.2, 0.25) is 0 Å². The largest absolute Gasteiger partial charge is 0.497 e. The minimum absolute atomic E-state index is 0.719. The summed E-state index contributed by atoms with van der Waals surface area (Å²) >= 11 is 0. The van der Waals surface area contributed by atoms with Crippen molar-refractivity contribution in [2.75, 3.05) is 19.7 Å². The van der Waals surface area contributed by atoms with Crippen molar-refractivity contribution >= 4 is 0 Å². The maximum atomic E-state index is 5.33. The van der Waals surface area contributed by atoms with E-state index in [1.165, 1.54) is 0 Å². The van der Waals surface area contributed by atoms with Crippen molar-refractivity contribution in [3.63, 3.8) is 0 Å². The maximum absolute atomic E-state index is 5.33. The first-order valence-electron chi connectivity index (χ1n) is 4.31. The molecule has 1 N–H and O–H groups in total. The van der Waals surface area contributed by atoms with E-state index in [9.17, 15) is 0 Å². The lowest BCUT2D eigenvalue weighted by molar-refractivity contribution is 0.236. The van der Waals surface area contributed by atoms with Crippen LogP contribution in [0.15, 0.2) is 11.8 Å². The number of ether oxygens (including phenoxy) is 1. The molecule has 0 unspecified atom stereocenters. The minimum atomic E-state index is 0.719. The molecule has 1 aliphatic rings. The fourth-order valence-corrected chi connectivity index (χ4v) is 1.08. The Bertz CT molecular complexity index is 140. The molecule has 0 aromatic heterocycles. The Morgan fingerprint density at radius 1 is 1.64 bits per heavy atom. The van der Waals surface area contributed by atoms with Crippen LogP contribution in [0.25, 0.3) is 0 Å². The predicted octanol–water partition coefficient (Wildman–Crippen LogP) is 1.54. The van der Waals surface area contributed by atoms with Crippen molar-refractivity contribution in [1.29, 1.82) is 0 Å². The van der Waals surface area contributed by atoms with Gasteiger partial charge in [0.1, 0.15) is 5.76 Å². The molecule has 0 saturated heterocycles. The molecule has 2 heteroatoms. The molecule has 0 aliphatic carbocycles. The Morgan fingerprint density at radius 3 is 3.00 bits per heavy atom. The molecule has 0 saturated carbocycles. The minimum Gasteiger partial charge on any atom is -0.497 e. The lowest BCUT2D eigenvalue weighted by Gasteiger charge is -2.07. The zero-order valence-corrected chi connectivity index (χ0v) is 7.39. The normalized spacial score (nSPS) is 16.8. The fourth-order valence-electron chi connectivity index (χ4n) is 1.08. The van der Waals surface area contributed by atoms with Gasteiger partial charge in [-0.2, -0.15) is 0 Å². The third kappa shape index (κ3) is 3.42. The van der Waals surface area contributed by atoms with Gasteiger partial charge in [0.05, 0.1) is 13.2 Å². The average Bonchev–Trinajstić information content (AvgIpc) is 2.39. The Balaban J connectivity index is 2.03. The van der Waals surface area contributed by atoms with Gasteiger partial charge in [-0.1, -0.05) is 13.8 Å². The van der Waals surface area contributed by atoms with Crippen LogP contribution in [0.4, 0.5) is 0 Å². The standard InChI is InChI=1S/C9H17NO/c1-8(2)6-10-7-9-4-3-5-11-9/h4,8,10H,3,5-7H2,1-2H3. The average molecular weight is 155 g/mol. The van der Waals surface area contributed by atoms with Crippen LogP contribution < -0.4 is 5.32 Å². The van der Waals surface area contributed by atoms with Gasteiger partial charge in [-0.05, 0) is 18.5 Å². The van der Waals surface area contributed by atoms with Crippen LogP contribution in [0.5, 0.6) is 0 Å². The van der Waals surface area contributed by atoms with Crippen molar-refractivity contribution in [3.8, 4) is 0 Å². The molecule has 11 heavy (non-hydrogen) atoms. The smallest absolute Gasteiger partial charge is 0.106 e. The predicted molar refractivity (Wildman–Crippen MR) is 46.4 cm³/mol. The van der Waals surface area contributed by atoms with E-state index < -0.39 is 0 Å². The molecule has 1 heterocycles. The molecule has 0 bridgehead atoms. The zero-order chi connectivity index (χ0) is 8.10. The van der Waals surface area contributed by atoms with E-state index in [4.69, 9.17) is 4.74 Å². The lowest BCUT2D eigenvalue weighted by atomic mass is 10.2. The number of hydrogen-bond acceptors (Lipinski definition) is 2. The summed E-state index contributed by atoms with van der Waals surface area (Å²) in [6, 6.07) is 0. The van der Waals surface area contributed by atoms with Gasteiger partial charge in [-0.15, -0.1) is 0 Å². The molecule has 0 atom stereocenters. The molecule has 0 aromatic rings. The highest BCUT2D eigenvalue weighted by atomic mass is 16.5. The van der Waals surface area contributed by atoms with Gasteiger partial charge in [0, 0.05) is 6.42 Å². The molecule has 0 aromatic carbocycles. The molecule has 0 fully saturated rings. The summed E-state index contributed by atoms with van der Waals surface area (Å²) in [6.07, 6.45) is 3.24. The highest BCUT2D eigenvalue weighted by Gasteiger charge is 2.03. The summed E-state index contributed by atoms with van der Waals surface area (Å²) in [5.41, 5.74) is 0. The van der Waals surface area contributed by atoms with Crippen molar-refractivity contribution in [2.24, 2.45) is 5.92 Å². The fraction of sp³-hybridized carbons (Fsp3) is 0.778. The van der Waals surface area contributed by atoms with Gasteiger partial charge < -0.3 is 10.1 Å². The summed E-state index contributed by atoms with van der Waals surface area (Å²) in [6.45, 7) is 7.26. The first-order valence-corrected chi connectivity index (χ1v) is 4.31. The van der Waals surface area contributed by atoms with E-state index >= 15 is 0 Å². The van der Waals surface area contributed by atoms with Crippen LogP contribution >= 0.6 is 0 Å². The van der Waals surface area contributed by atoms with Crippen LogP contribution in [-0.4, -0.2) is 19.7 Å². The second kappa shape index (κ2) is 4.39. The SMILES string of the molecule is CC(C)CNCC1=CCCO1. The summed E-state index contributed by atoms with van der Waals surface area (Å²) in [5, 5.41) is 3.33. The van der Waals surface area contributed by atoms with Crippen LogP contribution in [-0.2, 0) is 4.74 Å². The van der Waals surface area contributed by atoms with Crippen LogP contribution in [0, 0.1) is 5.92 Å². The zero-order valence-electron chi connectivity index (χ0n) is 7.39. The van der Waals surface area contributed by atoms with E-state index in [0.29, 0.717) is 0 Å². The number of nitrogens with one attached hydrogen (secondary N) is 1. The summed E-state index contributed by atoms with van der Waals surface area (Å²) < 4.78 is 5.33. The molecule has 1 aliphatic heterocycles. The Labute approximate surface area is 68.6 Å². The molecular formula is C9H17NO. The first kappa shape index (κ1) is 8.60. The van der Waals surface area contributed by atoms with Crippen molar-refractivity contribution < 1.29 is 4.74 Å². The molecule has 2 nitrogen and oxygen atoms in total. The quantitative estimate of drug-likeness (QED) is 0.665. The molecule has 64 valence electrons. The second-order valence-electron chi connectivity index (χ2n) is 3.33. The van der Waals surface area contributed by atoms with Crippen LogP contribution in [0.1, 0.15) is 20.3 Å². The number of hydrogen-bond donors (Lipinski definition) is 1. The van der Waals surface area contributed by atoms with Crippen molar-refractivity contribution in [3.05, 3.63) is 11.8 Å². The monoisotopic (exact) mass is 155 g/mol. The highest BCUT2D eigenvalue weighted by molar-refractivity contribution is 4.99. The van der Waals surface area contributed by atoms with Gasteiger partial charge in [0.15, 0.2) is 0 Å². The first-order chi connectivity index (χ1) is 5.29. The van der Waals surface area contributed by atoms with E-state index in [1.54, 1.807) is 0 Å². The van der Waals surface area contributed by atoms with Gasteiger partial charge in [-0.3, -0.25) is 0 Å². The summed E-state index contributed by atoms with van der Waals surface area (Å²) in [5.74, 6) is 1.84. The van der Waals surface area contributed by atoms with E-state index in [-0.39, 0.29) is 0 Å². The Hall–Kier alpha value is -0.500. The van der Waals surface area contributed by atoms with Gasteiger partial charge in [0.25, 0.3) is 0 Å². The molecule has 0 amide bonds. The molecule has 0 spiro atoms. The van der Waals surface area contributed by atoms with E-state index in [0.717, 1.165) is 37.8 Å². The maximum Gasteiger partial charge on any atom is 0.106 e. The summed E-state index contributed by atoms with van der Waals surface area (Å²) in [7, 11) is 0. The molecule has 0 radical (unpaired) electrons. The Kier molecular flexibility index (Phi) is 3.43.